The zero-order chi connectivity index (χ0) is 33.3. The molecule has 0 unspecified atom stereocenters. The predicted molar refractivity (Wildman–Crippen MR) is 170 cm³/mol. The second kappa shape index (κ2) is 12.7. The molecular weight excluding hydrogens is 613 g/mol. The molecule has 244 valence electrons. The molecule has 1 aliphatic rings. The molecule has 10 nitrogen and oxygen atoms in total. The van der Waals surface area contributed by atoms with E-state index in [0.717, 1.165) is 16.0 Å². The molecule has 3 heterocycles. The molecule has 5 aromatic rings. The standard InChI is InChI=1S/C34H33F3N6O4/c1-20-32(21(2)42(40-20)19-22-9-8-12-25(15-22)47-24-10-6-5-7-11-24)39-33(44)27-18-31-38-26(17-30(34(35,36)37)43(31)41-27)23-13-14-28(45-3)29(16-23)46-4/h5-16,18,26,30,38H,17,19H2,1-4H3,(H,39,44)/t26-,30-/m0/s1. The van der Waals surface area contributed by atoms with Crippen LogP contribution in [0.25, 0.3) is 0 Å². The van der Waals surface area contributed by atoms with E-state index in [1.165, 1.54) is 20.3 Å². The molecule has 2 aromatic heterocycles. The van der Waals surface area contributed by atoms with Gasteiger partial charge in [-0.05, 0) is 61.4 Å². The zero-order valence-corrected chi connectivity index (χ0v) is 26.1. The summed E-state index contributed by atoms with van der Waals surface area (Å²) in [7, 11) is 2.94. The Morgan fingerprint density at radius 3 is 2.40 bits per heavy atom. The summed E-state index contributed by atoms with van der Waals surface area (Å²) in [6, 6.07) is 20.7. The van der Waals surface area contributed by atoms with E-state index >= 15 is 0 Å². The lowest BCUT2D eigenvalue weighted by atomic mass is 9.96. The van der Waals surface area contributed by atoms with Gasteiger partial charge in [0.2, 0.25) is 0 Å². The van der Waals surface area contributed by atoms with Crippen LogP contribution < -0.4 is 24.8 Å². The number of hydrogen-bond acceptors (Lipinski definition) is 7. The molecule has 2 N–H and O–H groups in total. The van der Waals surface area contributed by atoms with Gasteiger partial charge < -0.3 is 24.8 Å². The number of methoxy groups -OCH3 is 2. The fourth-order valence-corrected chi connectivity index (χ4v) is 5.69. The van der Waals surface area contributed by atoms with Crippen LogP contribution in [0, 0.1) is 13.8 Å². The van der Waals surface area contributed by atoms with Crippen LogP contribution in [0.3, 0.4) is 0 Å². The van der Waals surface area contributed by atoms with E-state index in [0.29, 0.717) is 46.4 Å². The molecule has 0 spiro atoms. The first-order chi connectivity index (χ1) is 22.5. The number of para-hydroxylation sites is 1. The normalized spacial score (nSPS) is 15.8. The van der Waals surface area contributed by atoms with E-state index in [1.807, 2.05) is 61.5 Å². The highest BCUT2D eigenvalue weighted by molar-refractivity contribution is 6.04. The Labute approximate surface area is 269 Å². The van der Waals surface area contributed by atoms with Gasteiger partial charge in [-0.15, -0.1) is 0 Å². The molecule has 0 radical (unpaired) electrons. The van der Waals surface area contributed by atoms with Crippen molar-refractivity contribution >= 4 is 17.4 Å². The van der Waals surface area contributed by atoms with Gasteiger partial charge in [0.1, 0.15) is 17.3 Å². The summed E-state index contributed by atoms with van der Waals surface area (Å²) in [6.45, 7) is 3.97. The highest BCUT2D eigenvalue weighted by Crippen LogP contribution is 2.45. The van der Waals surface area contributed by atoms with Crippen molar-refractivity contribution in [3.63, 3.8) is 0 Å². The number of alkyl halides is 3. The van der Waals surface area contributed by atoms with Gasteiger partial charge in [-0.25, -0.2) is 4.68 Å². The average Bonchev–Trinajstić information content (AvgIpc) is 3.60. The fourth-order valence-electron chi connectivity index (χ4n) is 5.69. The number of benzene rings is 3. The molecule has 13 heteroatoms. The number of hydrogen-bond donors (Lipinski definition) is 2. The first-order valence-electron chi connectivity index (χ1n) is 14.9. The minimum Gasteiger partial charge on any atom is -0.493 e. The Bertz CT molecular complexity index is 1900. The molecule has 1 aliphatic heterocycles. The number of nitrogens with zero attached hydrogens (tertiary/aromatic N) is 4. The van der Waals surface area contributed by atoms with Gasteiger partial charge in [0.25, 0.3) is 5.91 Å². The molecule has 0 bridgehead atoms. The van der Waals surface area contributed by atoms with E-state index in [1.54, 1.807) is 29.8 Å². The summed E-state index contributed by atoms with van der Waals surface area (Å²) >= 11 is 0. The molecule has 0 saturated heterocycles. The van der Waals surface area contributed by atoms with Gasteiger partial charge in [-0.1, -0.05) is 36.4 Å². The Morgan fingerprint density at radius 1 is 0.936 bits per heavy atom. The summed E-state index contributed by atoms with van der Waals surface area (Å²) < 4.78 is 62.0. The van der Waals surface area contributed by atoms with Gasteiger partial charge in [-0.2, -0.15) is 23.4 Å². The number of amides is 1. The minimum absolute atomic E-state index is 0.0743. The Balaban J connectivity index is 1.21. The number of carbonyl (C=O) groups excluding carboxylic acids is 1. The number of ether oxygens (including phenoxy) is 3. The van der Waals surface area contributed by atoms with Crippen LogP contribution in [0.15, 0.2) is 78.9 Å². The lowest BCUT2D eigenvalue weighted by Gasteiger charge is -2.33. The van der Waals surface area contributed by atoms with Crippen molar-refractivity contribution in [2.24, 2.45) is 0 Å². The van der Waals surface area contributed by atoms with Crippen molar-refractivity contribution in [2.75, 3.05) is 24.9 Å². The molecule has 3 aromatic carbocycles. The Kier molecular flexibility index (Phi) is 8.54. The second-order valence-corrected chi connectivity index (χ2v) is 11.2. The summed E-state index contributed by atoms with van der Waals surface area (Å²) in [5, 5.41) is 14.6. The predicted octanol–water partition coefficient (Wildman–Crippen LogP) is 7.47. The van der Waals surface area contributed by atoms with Gasteiger partial charge >= 0.3 is 6.18 Å². The van der Waals surface area contributed by atoms with Crippen molar-refractivity contribution in [1.29, 1.82) is 0 Å². The first kappa shape index (κ1) is 31.5. The molecule has 6 rings (SSSR count). The number of aryl methyl sites for hydroxylation is 1. The number of fused-ring (bicyclic) bond motifs is 1. The van der Waals surface area contributed by atoms with Crippen LogP contribution in [-0.2, 0) is 6.54 Å². The molecular formula is C34H33F3N6O4. The largest absolute Gasteiger partial charge is 0.493 e. The minimum atomic E-state index is -4.61. The first-order valence-corrected chi connectivity index (χ1v) is 14.9. The van der Waals surface area contributed by atoms with Crippen LogP contribution in [0.4, 0.5) is 24.7 Å². The number of halogens is 3. The SMILES string of the molecule is COc1ccc([C@@H]2C[C@@H](C(F)(F)F)n3nc(C(=O)Nc4c(C)nn(Cc5cccc(Oc6ccccc6)c5)c4C)cc3N2)cc1OC. The quantitative estimate of drug-likeness (QED) is 0.171. The van der Waals surface area contributed by atoms with E-state index in [4.69, 9.17) is 14.2 Å². The molecule has 0 aliphatic carbocycles. The maximum Gasteiger partial charge on any atom is 0.410 e. The van der Waals surface area contributed by atoms with E-state index in [9.17, 15) is 18.0 Å². The number of aromatic nitrogens is 4. The lowest BCUT2D eigenvalue weighted by Crippen LogP contribution is -2.35. The number of carbonyl (C=O) groups is 1. The molecule has 0 fully saturated rings. The zero-order valence-electron chi connectivity index (χ0n) is 26.1. The molecule has 0 saturated carbocycles. The summed E-state index contributed by atoms with van der Waals surface area (Å²) in [6.07, 6.45) is -4.94. The van der Waals surface area contributed by atoms with E-state index in [-0.39, 0.29) is 17.9 Å². The highest BCUT2D eigenvalue weighted by atomic mass is 19.4. The number of anilines is 2. The summed E-state index contributed by atoms with van der Waals surface area (Å²) in [5.41, 5.74) is 3.03. The van der Waals surface area contributed by atoms with Crippen LogP contribution in [0.1, 0.15) is 51.5 Å². The number of nitrogens with one attached hydrogen (secondary N) is 2. The van der Waals surface area contributed by atoms with Gasteiger partial charge in [-0.3, -0.25) is 9.48 Å². The van der Waals surface area contributed by atoms with Crippen molar-refractivity contribution < 1.29 is 32.2 Å². The highest BCUT2D eigenvalue weighted by Gasteiger charge is 2.47. The molecule has 1 amide bonds. The molecule has 47 heavy (non-hydrogen) atoms. The topological polar surface area (TPSA) is 104 Å². The van der Waals surface area contributed by atoms with Crippen LogP contribution in [0.2, 0.25) is 0 Å². The average molecular weight is 647 g/mol. The monoisotopic (exact) mass is 646 g/mol. The third-order valence-corrected chi connectivity index (χ3v) is 8.06. The van der Waals surface area contributed by atoms with Crippen molar-refractivity contribution in [3.8, 4) is 23.0 Å². The van der Waals surface area contributed by atoms with Crippen LogP contribution >= 0.6 is 0 Å². The smallest absolute Gasteiger partial charge is 0.410 e. The van der Waals surface area contributed by atoms with Gasteiger partial charge in [0.05, 0.1) is 43.9 Å². The van der Waals surface area contributed by atoms with Gasteiger partial charge in [0.15, 0.2) is 23.2 Å². The Hall–Kier alpha value is -5.46. The maximum absolute atomic E-state index is 14.3. The van der Waals surface area contributed by atoms with Crippen molar-refractivity contribution in [1.82, 2.24) is 19.6 Å². The summed E-state index contributed by atoms with van der Waals surface area (Å²) in [5.74, 6) is 1.67. The lowest BCUT2D eigenvalue weighted by molar-refractivity contribution is -0.173. The Morgan fingerprint density at radius 2 is 1.68 bits per heavy atom. The van der Waals surface area contributed by atoms with Crippen molar-refractivity contribution in [3.05, 3.63) is 107 Å². The van der Waals surface area contributed by atoms with E-state index in [2.05, 4.69) is 20.8 Å². The maximum atomic E-state index is 14.3. The fraction of sp³-hybridized carbons (Fsp3) is 0.265. The third-order valence-electron chi connectivity index (χ3n) is 8.06. The van der Waals surface area contributed by atoms with Crippen LogP contribution in [-0.4, -0.2) is 45.9 Å². The third kappa shape index (κ3) is 6.60. The van der Waals surface area contributed by atoms with Crippen LogP contribution in [0.5, 0.6) is 23.0 Å². The summed E-state index contributed by atoms with van der Waals surface area (Å²) in [4.78, 5) is 13.4. The molecule has 2 atom stereocenters. The number of rotatable bonds is 9. The second-order valence-electron chi connectivity index (χ2n) is 11.2. The van der Waals surface area contributed by atoms with Gasteiger partial charge in [0, 0.05) is 12.5 Å². The van der Waals surface area contributed by atoms with E-state index < -0.39 is 24.2 Å². The van der Waals surface area contributed by atoms with Crippen molar-refractivity contribution in [2.45, 2.75) is 45.1 Å².